The van der Waals surface area contributed by atoms with Crippen molar-refractivity contribution in [2.75, 3.05) is 13.7 Å². The first-order valence-electron chi connectivity index (χ1n) is 5.40. The summed E-state index contributed by atoms with van der Waals surface area (Å²) in [6.07, 6.45) is 5.45. The fourth-order valence-electron chi connectivity index (χ4n) is 2.30. The average Bonchev–Trinajstić information content (AvgIpc) is 2.49. The molecule has 0 spiro atoms. The molecule has 0 radical (unpaired) electrons. The average molecular weight is 208 g/mol. The highest BCUT2D eigenvalue weighted by molar-refractivity contribution is 6.04. The third-order valence-electron chi connectivity index (χ3n) is 3.44. The fourth-order valence-corrected chi connectivity index (χ4v) is 2.30. The van der Waals surface area contributed by atoms with Gasteiger partial charge in [-0.15, -0.1) is 0 Å². The molecule has 1 aliphatic rings. The van der Waals surface area contributed by atoms with Gasteiger partial charge in [0.1, 0.15) is 0 Å². The van der Waals surface area contributed by atoms with Crippen molar-refractivity contribution in [2.24, 2.45) is 11.3 Å². The summed E-state index contributed by atoms with van der Waals surface area (Å²) in [5.74, 6) is 0.580. The Morgan fingerprint density at radius 2 is 2.40 bits per heavy atom. The van der Waals surface area contributed by atoms with E-state index < -0.39 is 0 Å². The van der Waals surface area contributed by atoms with Crippen LogP contribution in [0, 0.1) is 11.3 Å². The molecule has 2 heteroatoms. The maximum absolute atomic E-state index is 11.6. The Kier molecular flexibility index (Phi) is 3.86. The van der Waals surface area contributed by atoms with Gasteiger partial charge in [-0.05, 0) is 30.3 Å². The van der Waals surface area contributed by atoms with Crippen LogP contribution in [0.1, 0.15) is 26.7 Å². The van der Waals surface area contributed by atoms with Crippen LogP contribution in [0.5, 0.6) is 0 Å². The van der Waals surface area contributed by atoms with Gasteiger partial charge in [-0.3, -0.25) is 4.79 Å². The van der Waals surface area contributed by atoms with Crippen LogP contribution in [0.25, 0.3) is 0 Å². The van der Waals surface area contributed by atoms with Gasteiger partial charge in [0.2, 0.25) is 0 Å². The molecule has 1 rings (SSSR count). The number of hydrogen-bond donors (Lipinski definition) is 0. The molecule has 0 fully saturated rings. The second-order valence-electron chi connectivity index (χ2n) is 4.62. The van der Waals surface area contributed by atoms with E-state index in [0.29, 0.717) is 5.92 Å². The minimum Gasteiger partial charge on any atom is -0.385 e. The van der Waals surface area contributed by atoms with E-state index in [1.807, 2.05) is 0 Å². The number of methoxy groups -OCH3 is 1. The van der Waals surface area contributed by atoms with Crippen LogP contribution in [0.4, 0.5) is 0 Å². The second-order valence-corrected chi connectivity index (χ2v) is 4.62. The van der Waals surface area contributed by atoms with Gasteiger partial charge in [-0.1, -0.05) is 26.5 Å². The lowest BCUT2D eigenvalue weighted by Crippen LogP contribution is -2.25. The number of ether oxygens (including phenoxy) is 1. The molecular formula is C13H20O2. The van der Waals surface area contributed by atoms with Gasteiger partial charge in [0.25, 0.3) is 0 Å². The van der Waals surface area contributed by atoms with Crippen LogP contribution >= 0.6 is 0 Å². The molecule has 0 unspecified atom stereocenters. The van der Waals surface area contributed by atoms with Crippen LogP contribution in [-0.2, 0) is 9.53 Å². The molecule has 0 aromatic rings. The molecular weight excluding hydrogens is 188 g/mol. The maximum Gasteiger partial charge on any atom is 0.181 e. The molecule has 0 amide bonds. The Morgan fingerprint density at radius 1 is 1.73 bits per heavy atom. The molecule has 0 N–H and O–H groups in total. The summed E-state index contributed by atoms with van der Waals surface area (Å²) < 4.78 is 5.09. The van der Waals surface area contributed by atoms with Gasteiger partial charge >= 0.3 is 0 Å². The summed E-state index contributed by atoms with van der Waals surface area (Å²) in [5.41, 5.74) is 0.877. The topological polar surface area (TPSA) is 26.3 Å². The highest BCUT2D eigenvalue weighted by atomic mass is 16.5. The van der Waals surface area contributed by atoms with E-state index in [4.69, 9.17) is 4.74 Å². The van der Waals surface area contributed by atoms with Crippen molar-refractivity contribution >= 4 is 5.78 Å². The largest absolute Gasteiger partial charge is 0.385 e. The lowest BCUT2D eigenvalue weighted by Gasteiger charge is -2.29. The minimum atomic E-state index is -0.0379. The number of carbonyl (C=O) groups excluding carboxylic acids is 1. The van der Waals surface area contributed by atoms with Crippen molar-refractivity contribution in [3.05, 3.63) is 24.3 Å². The van der Waals surface area contributed by atoms with Gasteiger partial charge in [-0.25, -0.2) is 0 Å². The predicted octanol–water partition coefficient (Wildman–Crippen LogP) is 2.75. The smallest absolute Gasteiger partial charge is 0.181 e. The lowest BCUT2D eigenvalue weighted by molar-refractivity contribution is -0.112. The Bertz CT molecular complexity index is 287. The molecule has 0 saturated heterocycles. The van der Waals surface area contributed by atoms with E-state index in [0.717, 1.165) is 25.0 Å². The van der Waals surface area contributed by atoms with E-state index in [9.17, 15) is 4.79 Å². The molecule has 15 heavy (non-hydrogen) atoms. The standard InChI is InChI=1S/C13H20O2/c1-5-12(14)11-7-6-10(8-9-15-4)13(11,2)3/h5,7,10H,1,6,8-9H2,2-4H3/t10-/m0/s1. The molecule has 0 aliphatic heterocycles. The summed E-state index contributed by atoms with van der Waals surface area (Å²) in [5, 5.41) is 0. The molecule has 2 nitrogen and oxygen atoms in total. The van der Waals surface area contributed by atoms with Gasteiger partial charge in [0.15, 0.2) is 5.78 Å². The molecule has 0 aromatic carbocycles. The monoisotopic (exact) mass is 208 g/mol. The number of rotatable bonds is 5. The summed E-state index contributed by atoms with van der Waals surface area (Å²) in [4.78, 5) is 11.6. The number of hydrogen-bond acceptors (Lipinski definition) is 2. The summed E-state index contributed by atoms with van der Waals surface area (Å²) >= 11 is 0. The van der Waals surface area contributed by atoms with E-state index in [1.54, 1.807) is 7.11 Å². The van der Waals surface area contributed by atoms with Gasteiger partial charge in [-0.2, -0.15) is 0 Å². The molecule has 84 valence electrons. The first kappa shape index (κ1) is 12.2. The first-order valence-corrected chi connectivity index (χ1v) is 5.40. The molecule has 1 aliphatic carbocycles. The highest BCUT2D eigenvalue weighted by Crippen LogP contribution is 2.45. The van der Waals surface area contributed by atoms with E-state index in [-0.39, 0.29) is 11.2 Å². The van der Waals surface area contributed by atoms with Crippen molar-refractivity contribution in [3.63, 3.8) is 0 Å². The number of allylic oxidation sites excluding steroid dienone is 3. The zero-order valence-electron chi connectivity index (χ0n) is 9.88. The van der Waals surface area contributed by atoms with Crippen molar-refractivity contribution in [1.29, 1.82) is 0 Å². The zero-order chi connectivity index (χ0) is 11.5. The number of ketones is 1. The van der Waals surface area contributed by atoms with Crippen molar-refractivity contribution in [2.45, 2.75) is 26.7 Å². The van der Waals surface area contributed by atoms with Crippen molar-refractivity contribution in [3.8, 4) is 0 Å². The Labute approximate surface area is 92.0 Å². The molecule has 1 atom stereocenters. The second kappa shape index (κ2) is 4.75. The van der Waals surface area contributed by atoms with Gasteiger partial charge in [0.05, 0.1) is 0 Å². The van der Waals surface area contributed by atoms with Crippen LogP contribution < -0.4 is 0 Å². The molecule has 0 saturated carbocycles. The number of carbonyl (C=O) groups is 1. The third-order valence-corrected chi connectivity index (χ3v) is 3.44. The van der Waals surface area contributed by atoms with Crippen molar-refractivity contribution in [1.82, 2.24) is 0 Å². The van der Waals surface area contributed by atoms with Crippen molar-refractivity contribution < 1.29 is 9.53 Å². The van der Waals surface area contributed by atoms with E-state index in [1.165, 1.54) is 6.08 Å². The minimum absolute atomic E-state index is 0.0379. The lowest BCUT2D eigenvalue weighted by atomic mass is 9.74. The fraction of sp³-hybridized carbons (Fsp3) is 0.615. The highest BCUT2D eigenvalue weighted by Gasteiger charge is 2.38. The van der Waals surface area contributed by atoms with Crippen LogP contribution in [0.2, 0.25) is 0 Å². The van der Waals surface area contributed by atoms with Gasteiger partial charge in [0, 0.05) is 19.3 Å². The maximum atomic E-state index is 11.6. The molecule has 0 bridgehead atoms. The summed E-state index contributed by atoms with van der Waals surface area (Å²) in [7, 11) is 1.71. The van der Waals surface area contributed by atoms with Crippen LogP contribution in [0.15, 0.2) is 24.3 Å². The third kappa shape index (κ3) is 2.37. The first-order chi connectivity index (χ1) is 7.04. The van der Waals surface area contributed by atoms with E-state index >= 15 is 0 Å². The Balaban J connectivity index is 2.72. The van der Waals surface area contributed by atoms with Crippen LogP contribution in [0.3, 0.4) is 0 Å². The zero-order valence-corrected chi connectivity index (χ0v) is 9.88. The Hall–Kier alpha value is -0.890. The summed E-state index contributed by atoms with van der Waals surface area (Å²) in [6.45, 7) is 8.57. The van der Waals surface area contributed by atoms with Crippen LogP contribution in [-0.4, -0.2) is 19.5 Å². The normalized spacial score (nSPS) is 23.7. The summed E-state index contributed by atoms with van der Waals surface area (Å²) in [6, 6.07) is 0. The molecule has 0 heterocycles. The quantitative estimate of drug-likeness (QED) is 0.649. The Morgan fingerprint density at radius 3 is 2.93 bits per heavy atom. The SMILES string of the molecule is C=CC(=O)C1=CC[C@@H](CCOC)C1(C)C. The van der Waals surface area contributed by atoms with Gasteiger partial charge < -0.3 is 4.74 Å². The molecule has 0 aromatic heterocycles. The predicted molar refractivity (Wildman–Crippen MR) is 61.7 cm³/mol. The van der Waals surface area contributed by atoms with E-state index in [2.05, 4.69) is 26.5 Å².